The Labute approximate surface area is 346 Å². The summed E-state index contributed by atoms with van der Waals surface area (Å²) in [7, 11) is 0.517. The van der Waals surface area contributed by atoms with Gasteiger partial charge in [0.05, 0.1) is 51.3 Å². The van der Waals surface area contributed by atoms with Crippen LogP contribution in [0, 0.1) is 5.92 Å². The predicted molar refractivity (Wildman–Crippen MR) is 227 cm³/mol. The standard InChI is InChI=1S/C48H62O9Si/c1-35-28-45(49)48(30-39(51-6)29-40(55-48)34-54-58(46(2,3)4,41-18-12-8-13-19-41)42-20-14-9-15-21-42)57-47(35)31-44(53-33-36-16-10-7-11-17-36)43(56-47)26-27-52-32-37-22-24-38(50-5)25-23-37/h7-25,35,39-40,43-45,49H,26-34H2,1-6H3/t35-,39-,40-,43-,44-,45-,47+,48-/m0/s1. The van der Waals surface area contributed by atoms with Crippen LogP contribution < -0.4 is 15.1 Å². The Hall–Kier alpha value is -3.42. The molecule has 9 nitrogen and oxygen atoms in total. The summed E-state index contributed by atoms with van der Waals surface area (Å²) in [6.07, 6.45) is 0.398. The first-order chi connectivity index (χ1) is 28.0. The third kappa shape index (κ3) is 9.16. The lowest BCUT2D eigenvalue weighted by atomic mass is 9.81. The quantitative estimate of drug-likeness (QED) is 0.0966. The summed E-state index contributed by atoms with van der Waals surface area (Å²) in [5.41, 5.74) is 2.15. The highest BCUT2D eigenvalue weighted by Gasteiger charge is 2.63. The molecule has 3 aliphatic rings. The fraction of sp³-hybridized carbons (Fsp3) is 0.500. The van der Waals surface area contributed by atoms with Crippen LogP contribution in [0.1, 0.15) is 70.9 Å². The van der Waals surface area contributed by atoms with Crippen molar-refractivity contribution in [3.05, 3.63) is 126 Å². The summed E-state index contributed by atoms with van der Waals surface area (Å²) in [6, 6.07) is 39.3. The molecule has 0 saturated carbocycles. The van der Waals surface area contributed by atoms with Crippen molar-refractivity contribution in [2.75, 3.05) is 27.4 Å². The molecule has 3 saturated heterocycles. The Bertz CT molecular complexity index is 1820. The zero-order valence-electron chi connectivity index (χ0n) is 35.0. The topological polar surface area (TPSA) is 94.1 Å². The van der Waals surface area contributed by atoms with Crippen LogP contribution >= 0.6 is 0 Å². The predicted octanol–water partition coefficient (Wildman–Crippen LogP) is 7.56. The van der Waals surface area contributed by atoms with Crippen molar-refractivity contribution in [1.82, 2.24) is 0 Å². The van der Waals surface area contributed by atoms with E-state index in [4.69, 9.17) is 37.6 Å². The number of rotatable bonds is 15. The Morgan fingerprint density at radius 3 is 1.97 bits per heavy atom. The maximum atomic E-state index is 12.0. The molecule has 0 aliphatic carbocycles. The Morgan fingerprint density at radius 2 is 1.36 bits per heavy atom. The van der Waals surface area contributed by atoms with Gasteiger partial charge in [0.15, 0.2) is 11.6 Å². The van der Waals surface area contributed by atoms with Crippen LogP contribution in [0.15, 0.2) is 115 Å². The number of hydrogen-bond donors (Lipinski definition) is 1. The summed E-state index contributed by atoms with van der Waals surface area (Å²) in [5, 5.41) is 14.2. The van der Waals surface area contributed by atoms with Crippen molar-refractivity contribution in [2.24, 2.45) is 5.92 Å². The van der Waals surface area contributed by atoms with Crippen LogP contribution in [-0.2, 0) is 46.1 Å². The summed E-state index contributed by atoms with van der Waals surface area (Å²) >= 11 is 0. The van der Waals surface area contributed by atoms with Gasteiger partial charge in [0.25, 0.3) is 8.32 Å². The van der Waals surface area contributed by atoms with E-state index in [0.29, 0.717) is 58.5 Å². The summed E-state index contributed by atoms with van der Waals surface area (Å²) in [6.45, 7) is 10.6. The van der Waals surface area contributed by atoms with Crippen molar-refractivity contribution in [3.63, 3.8) is 0 Å². The minimum absolute atomic E-state index is 0.139. The van der Waals surface area contributed by atoms with Crippen molar-refractivity contribution in [2.45, 2.75) is 120 Å². The van der Waals surface area contributed by atoms with E-state index in [2.05, 4.69) is 100 Å². The highest BCUT2D eigenvalue weighted by molar-refractivity contribution is 6.99. The Balaban J connectivity index is 1.12. The van der Waals surface area contributed by atoms with Gasteiger partial charge < -0.3 is 42.7 Å². The second kappa shape index (κ2) is 18.5. The second-order valence-electron chi connectivity index (χ2n) is 17.3. The fourth-order valence-electron chi connectivity index (χ4n) is 9.24. The van der Waals surface area contributed by atoms with Gasteiger partial charge in [-0.15, -0.1) is 0 Å². The van der Waals surface area contributed by atoms with E-state index in [9.17, 15) is 5.11 Å². The summed E-state index contributed by atoms with van der Waals surface area (Å²) < 4.78 is 52.8. The molecule has 312 valence electrons. The number of aliphatic hydroxyl groups excluding tert-OH is 1. The lowest BCUT2D eigenvalue weighted by molar-refractivity contribution is -0.438. The van der Waals surface area contributed by atoms with E-state index in [0.717, 1.165) is 16.9 Å². The van der Waals surface area contributed by atoms with Crippen molar-refractivity contribution >= 4 is 18.7 Å². The van der Waals surface area contributed by atoms with Gasteiger partial charge in [-0.3, -0.25) is 0 Å². The minimum Gasteiger partial charge on any atom is -0.497 e. The van der Waals surface area contributed by atoms with Crippen molar-refractivity contribution in [1.29, 1.82) is 0 Å². The SMILES string of the molecule is COc1ccc(COCC[C@@H]2O[C@]3(C[C@@H]2OCc2ccccc2)O[C@@]2(C[C@@H](OC)C[C@@H](CO[Si](c4ccccc4)(c4ccccc4)C(C)(C)C)O2)[C@@H](O)C[C@@H]3C)cc1. The molecule has 8 atom stereocenters. The van der Waals surface area contributed by atoms with Gasteiger partial charge >= 0.3 is 0 Å². The molecule has 3 fully saturated rings. The second-order valence-corrected chi connectivity index (χ2v) is 21.6. The first-order valence-corrected chi connectivity index (χ1v) is 22.8. The fourth-order valence-corrected chi connectivity index (χ4v) is 13.8. The van der Waals surface area contributed by atoms with E-state index in [1.807, 2.05) is 42.5 Å². The van der Waals surface area contributed by atoms with E-state index in [1.165, 1.54) is 10.4 Å². The normalized spacial score (nSPS) is 28.9. The molecule has 0 amide bonds. The van der Waals surface area contributed by atoms with Gasteiger partial charge in [-0.25, -0.2) is 0 Å². The third-order valence-corrected chi connectivity index (χ3v) is 17.4. The Morgan fingerprint density at radius 1 is 0.741 bits per heavy atom. The molecular formula is C48H62O9Si. The maximum absolute atomic E-state index is 12.0. The molecule has 0 unspecified atom stereocenters. The minimum atomic E-state index is -2.87. The number of aliphatic hydroxyl groups is 1. The largest absolute Gasteiger partial charge is 0.497 e. The van der Waals surface area contributed by atoms with Crippen LogP contribution in [0.25, 0.3) is 0 Å². The van der Waals surface area contributed by atoms with E-state index in [1.54, 1.807) is 14.2 Å². The monoisotopic (exact) mass is 810 g/mol. The molecule has 3 heterocycles. The molecule has 2 spiro atoms. The van der Waals surface area contributed by atoms with Gasteiger partial charge in [0, 0.05) is 38.9 Å². The molecule has 0 radical (unpaired) electrons. The van der Waals surface area contributed by atoms with E-state index >= 15 is 0 Å². The lowest BCUT2D eigenvalue weighted by Crippen LogP contribution is -2.68. The molecule has 4 aromatic rings. The molecule has 0 aromatic heterocycles. The molecule has 3 aliphatic heterocycles. The Kier molecular flexibility index (Phi) is 13.6. The molecule has 0 bridgehead atoms. The van der Waals surface area contributed by atoms with E-state index in [-0.39, 0.29) is 29.3 Å². The molecule has 7 rings (SSSR count). The summed E-state index contributed by atoms with van der Waals surface area (Å²) in [4.78, 5) is 0. The molecule has 10 heteroatoms. The van der Waals surface area contributed by atoms with Gasteiger partial charge in [-0.1, -0.05) is 131 Å². The van der Waals surface area contributed by atoms with Crippen LogP contribution in [0.3, 0.4) is 0 Å². The van der Waals surface area contributed by atoms with E-state index < -0.39 is 32.1 Å². The highest BCUT2D eigenvalue weighted by Crippen LogP contribution is 2.52. The first-order valence-electron chi connectivity index (χ1n) is 20.9. The van der Waals surface area contributed by atoms with Crippen LogP contribution in [0.4, 0.5) is 0 Å². The number of ether oxygens (including phenoxy) is 7. The maximum Gasteiger partial charge on any atom is 0.261 e. The summed E-state index contributed by atoms with van der Waals surface area (Å²) in [5.74, 6) is -1.75. The third-order valence-electron chi connectivity index (χ3n) is 12.4. The number of hydrogen-bond acceptors (Lipinski definition) is 9. The highest BCUT2D eigenvalue weighted by atomic mass is 28.4. The van der Waals surface area contributed by atoms with Crippen LogP contribution in [0.2, 0.25) is 5.04 Å². The first kappa shape index (κ1) is 42.7. The van der Waals surface area contributed by atoms with Gasteiger partial charge in [0.2, 0.25) is 0 Å². The van der Waals surface area contributed by atoms with Crippen LogP contribution in [-0.4, -0.2) is 83.0 Å². The molecule has 1 N–H and O–H groups in total. The van der Waals surface area contributed by atoms with Gasteiger partial charge in [0.1, 0.15) is 11.9 Å². The number of methoxy groups -OCH3 is 2. The molecule has 4 aromatic carbocycles. The average molecular weight is 811 g/mol. The lowest BCUT2D eigenvalue weighted by Gasteiger charge is -2.55. The molecule has 58 heavy (non-hydrogen) atoms. The van der Waals surface area contributed by atoms with Gasteiger partial charge in [-0.2, -0.15) is 0 Å². The number of benzene rings is 4. The average Bonchev–Trinajstić information content (AvgIpc) is 3.59. The zero-order chi connectivity index (χ0) is 40.8. The van der Waals surface area contributed by atoms with Gasteiger partial charge in [-0.05, 0) is 51.5 Å². The van der Waals surface area contributed by atoms with Crippen molar-refractivity contribution < 1.29 is 42.7 Å². The molecular weight excluding hydrogens is 749 g/mol. The van der Waals surface area contributed by atoms with Crippen molar-refractivity contribution in [3.8, 4) is 5.75 Å². The van der Waals surface area contributed by atoms with Crippen LogP contribution in [0.5, 0.6) is 5.75 Å². The zero-order valence-corrected chi connectivity index (χ0v) is 36.0. The smallest absolute Gasteiger partial charge is 0.261 e.